The van der Waals surface area contributed by atoms with E-state index in [0.717, 1.165) is 58.5 Å². The van der Waals surface area contributed by atoms with Crippen LogP contribution in [0.4, 0.5) is 0 Å². The summed E-state index contributed by atoms with van der Waals surface area (Å²) < 4.78 is 32.0. The monoisotopic (exact) mass is 333 g/mol. The summed E-state index contributed by atoms with van der Waals surface area (Å²) in [5.41, 5.74) is 0. The van der Waals surface area contributed by atoms with Crippen LogP contribution in [0.5, 0.6) is 0 Å². The Kier molecular flexibility index (Phi) is 6.49. The van der Waals surface area contributed by atoms with E-state index in [1.54, 1.807) is 0 Å². The zero-order valence-electron chi connectivity index (χ0n) is 13.5. The lowest BCUT2D eigenvalue weighted by atomic mass is 10.3. The molecule has 0 aromatic heterocycles. The second-order valence-corrected chi connectivity index (χ2v) is 7.42. The summed E-state index contributed by atoms with van der Waals surface area (Å²) >= 11 is 0. The molecule has 1 fully saturated rings. The molecule has 0 aliphatic carbocycles. The molecule has 0 radical (unpaired) electrons. The molecule has 0 N–H and O–H groups in total. The Bertz CT molecular complexity index is 472. The van der Waals surface area contributed by atoms with Gasteiger partial charge in [0, 0.05) is 38.9 Å². The fourth-order valence-corrected chi connectivity index (χ4v) is 2.97. The van der Waals surface area contributed by atoms with Crippen LogP contribution in [0.3, 0.4) is 0 Å². The molecule has 7 nitrogen and oxygen atoms in total. The molecule has 0 saturated carbocycles. The van der Waals surface area contributed by atoms with E-state index < -0.39 is 10.1 Å². The van der Waals surface area contributed by atoms with Crippen LogP contribution in [0.25, 0.3) is 0 Å². The van der Waals surface area contributed by atoms with Gasteiger partial charge in [0.1, 0.15) is 12.4 Å². The van der Waals surface area contributed by atoms with Gasteiger partial charge in [-0.1, -0.05) is 6.92 Å². The summed E-state index contributed by atoms with van der Waals surface area (Å²) in [6.45, 7) is 10.4. The van der Waals surface area contributed by atoms with Gasteiger partial charge in [0.25, 0.3) is 10.1 Å². The van der Waals surface area contributed by atoms with E-state index in [2.05, 4.69) is 21.6 Å². The Morgan fingerprint density at radius 3 is 2.50 bits per heavy atom. The van der Waals surface area contributed by atoms with E-state index in [0.29, 0.717) is 12.5 Å². The van der Waals surface area contributed by atoms with E-state index in [9.17, 15) is 8.42 Å². The summed E-state index contributed by atoms with van der Waals surface area (Å²) in [5, 5.41) is 0. The van der Waals surface area contributed by atoms with Gasteiger partial charge in [0.15, 0.2) is 6.73 Å². The lowest BCUT2D eigenvalue weighted by Crippen LogP contribution is -2.46. The maximum absolute atomic E-state index is 10.9. The van der Waals surface area contributed by atoms with Gasteiger partial charge in [-0.3, -0.25) is 4.18 Å². The molecule has 8 heteroatoms. The Labute approximate surface area is 133 Å². The summed E-state index contributed by atoms with van der Waals surface area (Å²) in [5.74, 6) is 0.571. The maximum atomic E-state index is 10.9. The highest BCUT2D eigenvalue weighted by atomic mass is 32.2. The molecule has 0 unspecified atom stereocenters. The molecular formula is C14H27N3O4S. The first-order chi connectivity index (χ1) is 10.5. The standard InChI is InChI=1S/C14H27N3O4S/c1-3-15-7-9-16(10-8-15)5-4-6-17-11-14(20-13-17)12-21-22(2,18)19/h11H,3-10,12-13H2,1-2H3. The van der Waals surface area contributed by atoms with Gasteiger partial charge in [0.2, 0.25) is 0 Å². The van der Waals surface area contributed by atoms with Crippen LogP contribution in [0.2, 0.25) is 0 Å². The topological polar surface area (TPSA) is 62.3 Å². The highest BCUT2D eigenvalue weighted by Crippen LogP contribution is 2.12. The fraction of sp³-hybridized carbons (Fsp3) is 0.857. The van der Waals surface area contributed by atoms with Crippen molar-refractivity contribution in [2.75, 3.05) is 65.4 Å². The molecule has 2 aliphatic rings. The van der Waals surface area contributed by atoms with Crippen molar-refractivity contribution in [3.05, 3.63) is 12.0 Å². The molecule has 2 rings (SSSR count). The first-order valence-corrected chi connectivity index (χ1v) is 9.64. The lowest BCUT2D eigenvalue weighted by Gasteiger charge is -2.34. The molecule has 22 heavy (non-hydrogen) atoms. The number of likely N-dealkylation sites (N-methyl/N-ethyl adjacent to an activating group) is 1. The summed E-state index contributed by atoms with van der Waals surface area (Å²) in [6, 6.07) is 0. The average molecular weight is 333 g/mol. The first kappa shape index (κ1) is 17.5. The minimum absolute atomic E-state index is 0.0195. The largest absolute Gasteiger partial charge is 0.473 e. The molecule has 2 aliphatic heterocycles. The number of hydrogen-bond acceptors (Lipinski definition) is 7. The molecule has 0 bridgehead atoms. The van der Waals surface area contributed by atoms with Crippen molar-refractivity contribution in [1.29, 1.82) is 0 Å². The van der Waals surface area contributed by atoms with Crippen LogP contribution in [-0.4, -0.2) is 88.5 Å². The highest BCUT2D eigenvalue weighted by Gasteiger charge is 2.17. The molecule has 0 amide bonds. The van der Waals surface area contributed by atoms with Crippen LogP contribution in [0, 0.1) is 0 Å². The third-order valence-electron chi connectivity index (χ3n) is 3.99. The minimum Gasteiger partial charge on any atom is -0.473 e. The van der Waals surface area contributed by atoms with E-state index in [-0.39, 0.29) is 6.61 Å². The smallest absolute Gasteiger partial charge is 0.264 e. The van der Waals surface area contributed by atoms with Crippen LogP contribution in [0.1, 0.15) is 13.3 Å². The molecule has 0 aromatic carbocycles. The van der Waals surface area contributed by atoms with E-state index in [1.165, 1.54) is 0 Å². The van der Waals surface area contributed by atoms with Crippen LogP contribution in [-0.2, 0) is 19.0 Å². The number of nitrogens with zero attached hydrogens (tertiary/aromatic N) is 3. The van der Waals surface area contributed by atoms with Crippen LogP contribution >= 0.6 is 0 Å². The van der Waals surface area contributed by atoms with Crippen LogP contribution < -0.4 is 0 Å². The number of rotatable bonds is 8. The second-order valence-electron chi connectivity index (χ2n) is 5.78. The molecule has 0 aromatic rings. The third-order valence-corrected chi connectivity index (χ3v) is 4.54. The van der Waals surface area contributed by atoms with Crippen molar-refractivity contribution >= 4 is 10.1 Å². The zero-order chi connectivity index (χ0) is 16.0. The predicted molar refractivity (Wildman–Crippen MR) is 84.7 cm³/mol. The van der Waals surface area contributed by atoms with Gasteiger partial charge < -0.3 is 19.4 Å². The summed E-state index contributed by atoms with van der Waals surface area (Å²) in [7, 11) is -3.42. The molecule has 1 saturated heterocycles. The normalized spacial score (nSPS) is 21.0. The van der Waals surface area contributed by atoms with Crippen molar-refractivity contribution in [2.24, 2.45) is 0 Å². The Hall–Kier alpha value is -0.830. The van der Waals surface area contributed by atoms with Crippen molar-refractivity contribution < 1.29 is 17.3 Å². The Morgan fingerprint density at radius 1 is 1.18 bits per heavy atom. The number of hydrogen-bond donors (Lipinski definition) is 0. The number of ether oxygens (including phenoxy) is 1. The number of piperazine rings is 1. The van der Waals surface area contributed by atoms with Crippen molar-refractivity contribution in [2.45, 2.75) is 13.3 Å². The highest BCUT2D eigenvalue weighted by molar-refractivity contribution is 7.85. The van der Waals surface area contributed by atoms with Gasteiger partial charge in [-0.15, -0.1) is 0 Å². The van der Waals surface area contributed by atoms with Gasteiger partial charge in [-0.05, 0) is 19.5 Å². The van der Waals surface area contributed by atoms with Gasteiger partial charge in [0.05, 0.1) is 6.26 Å². The Morgan fingerprint density at radius 2 is 1.86 bits per heavy atom. The summed E-state index contributed by atoms with van der Waals surface area (Å²) in [6.07, 6.45) is 3.96. The van der Waals surface area contributed by atoms with Crippen molar-refractivity contribution in [3.63, 3.8) is 0 Å². The lowest BCUT2D eigenvalue weighted by molar-refractivity contribution is 0.118. The SMILES string of the molecule is CCN1CCN(CCCN2C=C(COS(C)(=O)=O)OC2)CC1. The first-order valence-electron chi connectivity index (χ1n) is 7.83. The quantitative estimate of drug-likeness (QED) is 0.585. The molecule has 0 atom stereocenters. The van der Waals surface area contributed by atoms with Gasteiger partial charge >= 0.3 is 0 Å². The minimum atomic E-state index is -3.42. The molecule has 2 heterocycles. The summed E-state index contributed by atoms with van der Waals surface area (Å²) in [4.78, 5) is 7.03. The van der Waals surface area contributed by atoms with E-state index in [4.69, 9.17) is 8.92 Å². The Balaban J connectivity index is 1.61. The van der Waals surface area contributed by atoms with Crippen LogP contribution in [0.15, 0.2) is 12.0 Å². The predicted octanol–water partition coefficient (Wildman–Crippen LogP) is 0.121. The molecular weight excluding hydrogens is 306 g/mol. The van der Waals surface area contributed by atoms with Crippen molar-refractivity contribution in [3.8, 4) is 0 Å². The molecule has 0 spiro atoms. The van der Waals surface area contributed by atoms with Gasteiger partial charge in [-0.25, -0.2) is 0 Å². The second kappa shape index (κ2) is 8.14. The van der Waals surface area contributed by atoms with Crippen molar-refractivity contribution in [1.82, 2.24) is 14.7 Å². The van der Waals surface area contributed by atoms with E-state index in [1.807, 2.05) is 6.20 Å². The third kappa shape index (κ3) is 6.12. The van der Waals surface area contributed by atoms with E-state index >= 15 is 0 Å². The fourth-order valence-electron chi connectivity index (χ4n) is 2.64. The molecule has 128 valence electrons. The average Bonchev–Trinajstić information content (AvgIpc) is 2.93. The van der Waals surface area contributed by atoms with Gasteiger partial charge in [-0.2, -0.15) is 8.42 Å². The zero-order valence-corrected chi connectivity index (χ0v) is 14.3. The maximum Gasteiger partial charge on any atom is 0.264 e.